The number of carbonyl (C=O) groups excluding carboxylic acids is 1. The Morgan fingerprint density at radius 1 is 1.17 bits per heavy atom. The second kappa shape index (κ2) is 10.4. The number of anilines is 1. The molecule has 3 aromatic rings. The quantitative estimate of drug-likeness (QED) is 0.485. The van der Waals surface area contributed by atoms with Gasteiger partial charge in [-0.3, -0.25) is 14.4 Å². The summed E-state index contributed by atoms with van der Waals surface area (Å²) in [6.07, 6.45) is 1.67. The second-order valence-corrected chi connectivity index (χ2v) is 7.94. The zero-order valence-corrected chi connectivity index (χ0v) is 19.6. The molecule has 0 saturated heterocycles. The van der Waals surface area contributed by atoms with Crippen LogP contribution in [0.15, 0.2) is 24.4 Å². The molecule has 1 amide bonds. The number of rotatable bonds is 8. The topological polar surface area (TPSA) is 54.3 Å². The Hall–Kier alpha value is -1.67. The van der Waals surface area contributed by atoms with Gasteiger partial charge in [0, 0.05) is 25.8 Å². The lowest BCUT2D eigenvalue weighted by Crippen LogP contribution is -2.39. The lowest BCUT2D eigenvalue weighted by atomic mass is 10.2. The first kappa shape index (κ1) is 23.6. The van der Waals surface area contributed by atoms with Crippen molar-refractivity contribution in [1.82, 2.24) is 19.7 Å². The zero-order valence-electron chi connectivity index (χ0n) is 17.2. The van der Waals surface area contributed by atoms with E-state index in [-0.39, 0.29) is 18.3 Å². The molecule has 6 nitrogen and oxygen atoms in total. The molecule has 0 atom stereocenters. The molecule has 1 aromatic carbocycles. The largest absolute Gasteiger partial charge is 0.302 e. The Bertz CT molecular complexity index is 928. The molecule has 0 aliphatic heterocycles. The second-order valence-electron chi connectivity index (χ2n) is 6.55. The van der Waals surface area contributed by atoms with Gasteiger partial charge in [0.2, 0.25) is 0 Å². The molecule has 0 saturated carbocycles. The highest BCUT2D eigenvalue weighted by atomic mass is 35.5. The molecular formula is C20H27Cl2N5OS. The molecule has 0 aliphatic rings. The van der Waals surface area contributed by atoms with Gasteiger partial charge in [0.15, 0.2) is 5.13 Å². The van der Waals surface area contributed by atoms with Crippen LogP contribution in [0.2, 0.25) is 5.02 Å². The number of aryl methyl sites for hydroxylation is 2. The van der Waals surface area contributed by atoms with E-state index in [0.717, 1.165) is 35.4 Å². The van der Waals surface area contributed by atoms with Crippen LogP contribution in [0.1, 0.15) is 36.8 Å². The van der Waals surface area contributed by atoms with Gasteiger partial charge in [-0.25, -0.2) is 4.98 Å². The summed E-state index contributed by atoms with van der Waals surface area (Å²) < 4.78 is 2.64. The van der Waals surface area contributed by atoms with E-state index in [1.807, 2.05) is 26.0 Å². The van der Waals surface area contributed by atoms with Crippen LogP contribution < -0.4 is 4.90 Å². The third-order valence-corrected chi connectivity index (χ3v) is 6.47. The van der Waals surface area contributed by atoms with Crippen molar-refractivity contribution in [2.45, 2.75) is 34.2 Å². The number of halogens is 2. The Labute approximate surface area is 186 Å². The Balaban J connectivity index is 0.00000300. The molecule has 0 aliphatic carbocycles. The lowest BCUT2D eigenvalue weighted by Gasteiger charge is -2.24. The van der Waals surface area contributed by atoms with E-state index >= 15 is 0 Å². The van der Waals surface area contributed by atoms with Crippen molar-refractivity contribution in [3.63, 3.8) is 0 Å². The molecule has 0 bridgehead atoms. The molecule has 0 unspecified atom stereocenters. The summed E-state index contributed by atoms with van der Waals surface area (Å²) in [6, 6.07) is 5.61. The van der Waals surface area contributed by atoms with Crippen molar-refractivity contribution in [3.05, 3.63) is 40.7 Å². The predicted octanol–water partition coefficient (Wildman–Crippen LogP) is 4.88. The first-order chi connectivity index (χ1) is 13.5. The maximum atomic E-state index is 13.4. The van der Waals surface area contributed by atoms with Crippen LogP contribution >= 0.6 is 35.3 Å². The number of fused-ring (bicyclic) bond motifs is 1. The molecular weight excluding hydrogens is 429 g/mol. The average Bonchev–Trinajstić information content (AvgIpc) is 3.35. The number of likely N-dealkylation sites (N-methyl/N-ethyl adjacent to an activating group) is 1. The number of hydrogen-bond acceptors (Lipinski definition) is 5. The summed E-state index contributed by atoms with van der Waals surface area (Å²) in [4.78, 5) is 22.2. The summed E-state index contributed by atoms with van der Waals surface area (Å²) in [5.41, 5.74) is 2.48. The summed E-state index contributed by atoms with van der Waals surface area (Å²) >= 11 is 7.86. The summed E-state index contributed by atoms with van der Waals surface area (Å²) in [5, 5.41) is 5.59. The lowest BCUT2D eigenvalue weighted by molar-refractivity contribution is 0.0973. The van der Waals surface area contributed by atoms with E-state index in [2.05, 4.69) is 23.8 Å². The highest BCUT2D eigenvalue weighted by Crippen LogP contribution is 2.36. The van der Waals surface area contributed by atoms with Gasteiger partial charge in [-0.1, -0.05) is 42.9 Å². The molecule has 158 valence electrons. The normalized spacial score (nSPS) is 11.1. The smallest absolute Gasteiger partial charge is 0.278 e. The molecule has 29 heavy (non-hydrogen) atoms. The highest BCUT2D eigenvalue weighted by Gasteiger charge is 2.25. The van der Waals surface area contributed by atoms with Crippen molar-refractivity contribution < 1.29 is 4.79 Å². The minimum Gasteiger partial charge on any atom is -0.302 e. The number of thiazole rings is 1. The maximum absolute atomic E-state index is 13.4. The van der Waals surface area contributed by atoms with Gasteiger partial charge in [-0.2, -0.15) is 5.10 Å². The summed E-state index contributed by atoms with van der Waals surface area (Å²) in [6.45, 7) is 12.1. The Morgan fingerprint density at radius 3 is 2.52 bits per heavy atom. The van der Waals surface area contributed by atoms with Crippen LogP contribution in [0, 0.1) is 6.92 Å². The Morgan fingerprint density at radius 2 is 1.90 bits per heavy atom. The van der Waals surface area contributed by atoms with Crippen LogP contribution in [0.25, 0.3) is 10.2 Å². The monoisotopic (exact) mass is 455 g/mol. The van der Waals surface area contributed by atoms with Gasteiger partial charge in [-0.05, 0) is 44.6 Å². The number of benzene rings is 1. The van der Waals surface area contributed by atoms with Crippen molar-refractivity contribution >= 4 is 56.6 Å². The molecule has 0 radical (unpaired) electrons. The maximum Gasteiger partial charge on any atom is 0.278 e. The number of amides is 1. The Kier molecular flexibility index (Phi) is 8.46. The van der Waals surface area contributed by atoms with Crippen LogP contribution in [0.3, 0.4) is 0 Å². The minimum absolute atomic E-state index is 0. The fourth-order valence-electron chi connectivity index (χ4n) is 3.18. The molecule has 0 spiro atoms. The fourth-order valence-corrected chi connectivity index (χ4v) is 4.52. The fraction of sp³-hybridized carbons (Fsp3) is 0.450. The number of nitrogens with zero attached hydrogens (tertiary/aromatic N) is 5. The molecule has 0 N–H and O–H groups in total. The van der Waals surface area contributed by atoms with Crippen LogP contribution in [0.4, 0.5) is 5.13 Å². The summed E-state index contributed by atoms with van der Waals surface area (Å²) in [7, 11) is 0. The van der Waals surface area contributed by atoms with E-state index in [1.54, 1.807) is 21.8 Å². The van der Waals surface area contributed by atoms with Crippen LogP contribution in [0.5, 0.6) is 0 Å². The van der Waals surface area contributed by atoms with Crippen molar-refractivity contribution in [2.24, 2.45) is 0 Å². The van der Waals surface area contributed by atoms with Gasteiger partial charge in [0.1, 0.15) is 5.69 Å². The van der Waals surface area contributed by atoms with Gasteiger partial charge >= 0.3 is 0 Å². The number of carbonyl (C=O) groups is 1. The van der Waals surface area contributed by atoms with Gasteiger partial charge in [-0.15, -0.1) is 12.4 Å². The van der Waals surface area contributed by atoms with Crippen LogP contribution in [-0.2, 0) is 6.54 Å². The predicted molar refractivity (Wildman–Crippen MR) is 124 cm³/mol. The molecule has 2 heterocycles. The molecule has 9 heteroatoms. The van der Waals surface area contributed by atoms with Gasteiger partial charge in [0.25, 0.3) is 5.91 Å². The van der Waals surface area contributed by atoms with E-state index in [1.165, 1.54) is 11.3 Å². The third-order valence-electron chi connectivity index (χ3n) is 4.93. The molecule has 2 aromatic heterocycles. The van der Waals surface area contributed by atoms with Crippen molar-refractivity contribution in [1.29, 1.82) is 0 Å². The average molecular weight is 456 g/mol. The van der Waals surface area contributed by atoms with Crippen molar-refractivity contribution in [3.8, 4) is 0 Å². The van der Waals surface area contributed by atoms with E-state index < -0.39 is 0 Å². The van der Waals surface area contributed by atoms with Gasteiger partial charge < -0.3 is 4.90 Å². The first-order valence-electron chi connectivity index (χ1n) is 9.61. The highest BCUT2D eigenvalue weighted by molar-refractivity contribution is 7.23. The molecule has 0 fully saturated rings. The standard InChI is InChI=1S/C20H26ClN5OS.ClH/c1-5-24(6-2)12-13-25(19(27)16-10-11-22-26(16)7-3)20-23-17-14(4)8-9-15(21)18(17)28-20;/h8-11H,5-7,12-13H2,1-4H3;1H. The van der Waals surface area contributed by atoms with E-state index in [4.69, 9.17) is 16.6 Å². The number of hydrogen-bond donors (Lipinski definition) is 0. The van der Waals surface area contributed by atoms with E-state index in [0.29, 0.717) is 28.9 Å². The SMILES string of the molecule is CCN(CC)CCN(C(=O)c1ccnn1CC)c1nc2c(C)ccc(Cl)c2s1.Cl. The van der Waals surface area contributed by atoms with Gasteiger partial charge in [0.05, 0.1) is 15.2 Å². The third kappa shape index (κ3) is 4.91. The van der Waals surface area contributed by atoms with E-state index in [9.17, 15) is 4.79 Å². The number of aromatic nitrogens is 3. The zero-order chi connectivity index (χ0) is 20.3. The summed E-state index contributed by atoms with van der Waals surface area (Å²) in [5.74, 6) is -0.0839. The molecule has 3 rings (SSSR count). The minimum atomic E-state index is -0.0839. The first-order valence-corrected chi connectivity index (χ1v) is 10.8. The van der Waals surface area contributed by atoms with Crippen LogP contribution in [-0.4, -0.2) is 51.8 Å². The van der Waals surface area contributed by atoms with Crippen molar-refractivity contribution in [2.75, 3.05) is 31.1 Å².